The molecular weight excluding hydrogens is 262 g/mol. The first kappa shape index (κ1) is 15.7. The maximum absolute atomic E-state index is 9.01. The molecule has 0 amide bonds. The number of pyridine rings is 1. The lowest BCUT2D eigenvalue weighted by atomic mass is 10.1. The number of nitrogens with one attached hydrogen (secondary N) is 1. The summed E-state index contributed by atoms with van der Waals surface area (Å²) in [6.07, 6.45) is 0.811. The zero-order valence-corrected chi connectivity index (χ0v) is 13.0. The molecule has 0 radical (unpaired) electrons. The van der Waals surface area contributed by atoms with Gasteiger partial charge in [0, 0.05) is 37.2 Å². The quantitative estimate of drug-likeness (QED) is 0.784. The van der Waals surface area contributed by atoms with E-state index in [1.165, 1.54) is 10.9 Å². The molecule has 21 heavy (non-hydrogen) atoms. The van der Waals surface area contributed by atoms with Crippen molar-refractivity contribution in [1.29, 1.82) is 0 Å². The van der Waals surface area contributed by atoms with Gasteiger partial charge in [-0.05, 0) is 32.0 Å². The SMILES string of the molecule is CCNc1nc2ccccc2cc1CN(CC)CCCO. The monoisotopic (exact) mass is 287 g/mol. The van der Waals surface area contributed by atoms with Gasteiger partial charge < -0.3 is 10.4 Å². The van der Waals surface area contributed by atoms with Crippen LogP contribution in [-0.2, 0) is 6.54 Å². The molecule has 0 aliphatic rings. The van der Waals surface area contributed by atoms with Crippen molar-refractivity contribution in [3.63, 3.8) is 0 Å². The first-order chi connectivity index (χ1) is 10.3. The van der Waals surface area contributed by atoms with Crippen molar-refractivity contribution < 1.29 is 5.11 Å². The van der Waals surface area contributed by atoms with E-state index in [0.29, 0.717) is 0 Å². The molecule has 1 aromatic heterocycles. The van der Waals surface area contributed by atoms with E-state index in [1.807, 2.05) is 18.2 Å². The summed E-state index contributed by atoms with van der Waals surface area (Å²) < 4.78 is 0. The van der Waals surface area contributed by atoms with E-state index in [0.717, 1.165) is 43.9 Å². The lowest BCUT2D eigenvalue weighted by Gasteiger charge is -2.22. The molecule has 2 aromatic rings. The van der Waals surface area contributed by atoms with Gasteiger partial charge in [0.1, 0.15) is 5.82 Å². The highest BCUT2D eigenvalue weighted by Crippen LogP contribution is 2.22. The Morgan fingerprint density at radius 2 is 2.05 bits per heavy atom. The normalized spacial score (nSPS) is 11.2. The Morgan fingerprint density at radius 3 is 2.76 bits per heavy atom. The van der Waals surface area contributed by atoms with Gasteiger partial charge >= 0.3 is 0 Å². The number of anilines is 1. The minimum atomic E-state index is 0.243. The summed E-state index contributed by atoms with van der Waals surface area (Å²) >= 11 is 0. The number of nitrogens with zero attached hydrogens (tertiary/aromatic N) is 2. The highest BCUT2D eigenvalue weighted by atomic mass is 16.3. The zero-order chi connectivity index (χ0) is 15.1. The fourth-order valence-electron chi connectivity index (χ4n) is 2.48. The van der Waals surface area contributed by atoms with Crippen LogP contribution in [0.3, 0.4) is 0 Å². The van der Waals surface area contributed by atoms with Gasteiger partial charge in [0.15, 0.2) is 0 Å². The molecule has 2 N–H and O–H groups in total. The Morgan fingerprint density at radius 1 is 1.24 bits per heavy atom. The van der Waals surface area contributed by atoms with Crippen molar-refractivity contribution in [2.24, 2.45) is 0 Å². The third-order valence-corrected chi connectivity index (χ3v) is 3.62. The molecule has 1 heterocycles. The number of aliphatic hydroxyl groups excluding tert-OH is 1. The molecule has 0 atom stereocenters. The van der Waals surface area contributed by atoms with E-state index in [9.17, 15) is 0 Å². The van der Waals surface area contributed by atoms with Gasteiger partial charge in [-0.25, -0.2) is 4.98 Å². The molecule has 0 saturated carbocycles. The fraction of sp³-hybridized carbons (Fsp3) is 0.471. The maximum atomic E-state index is 9.01. The van der Waals surface area contributed by atoms with Gasteiger partial charge in [-0.3, -0.25) is 4.90 Å². The maximum Gasteiger partial charge on any atom is 0.131 e. The van der Waals surface area contributed by atoms with Gasteiger partial charge in [-0.1, -0.05) is 25.1 Å². The Bertz CT molecular complexity index is 571. The molecule has 0 aliphatic heterocycles. The minimum absolute atomic E-state index is 0.243. The standard InChI is InChI=1S/C17H25N3O/c1-3-18-17-15(13-20(4-2)10-7-11-21)12-14-8-5-6-9-16(14)19-17/h5-6,8-9,12,21H,3-4,7,10-11,13H2,1-2H3,(H,18,19). The molecule has 4 nitrogen and oxygen atoms in total. The second-order valence-electron chi connectivity index (χ2n) is 5.17. The van der Waals surface area contributed by atoms with E-state index in [-0.39, 0.29) is 6.61 Å². The molecule has 1 aromatic carbocycles. The third kappa shape index (κ3) is 4.16. The van der Waals surface area contributed by atoms with Crippen LogP contribution in [0, 0.1) is 0 Å². The topological polar surface area (TPSA) is 48.4 Å². The Kier molecular flexibility index (Phi) is 5.96. The summed E-state index contributed by atoms with van der Waals surface area (Å²) in [5, 5.41) is 13.5. The van der Waals surface area contributed by atoms with Crippen LogP contribution in [0.4, 0.5) is 5.82 Å². The van der Waals surface area contributed by atoms with Crippen LogP contribution in [-0.4, -0.2) is 41.2 Å². The molecule has 0 aliphatic carbocycles. The number of hydrogen-bond donors (Lipinski definition) is 2. The largest absolute Gasteiger partial charge is 0.396 e. The van der Waals surface area contributed by atoms with Gasteiger partial charge in [-0.15, -0.1) is 0 Å². The van der Waals surface area contributed by atoms with Crippen LogP contribution in [0.25, 0.3) is 10.9 Å². The molecule has 4 heteroatoms. The second kappa shape index (κ2) is 7.96. The molecule has 0 fully saturated rings. The van der Waals surface area contributed by atoms with E-state index in [4.69, 9.17) is 10.1 Å². The number of hydrogen-bond acceptors (Lipinski definition) is 4. The van der Waals surface area contributed by atoms with Crippen LogP contribution < -0.4 is 5.32 Å². The summed E-state index contributed by atoms with van der Waals surface area (Å²) in [7, 11) is 0. The molecule has 114 valence electrons. The lowest BCUT2D eigenvalue weighted by Crippen LogP contribution is -2.25. The number of aliphatic hydroxyl groups is 1. The van der Waals surface area contributed by atoms with Gasteiger partial charge in [-0.2, -0.15) is 0 Å². The second-order valence-corrected chi connectivity index (χ2v) is 5.17. The van der Waals surface area contributed by atoms with Gasteiger partial charge in [0.2, 0.25) is 0 Å². The van der Waals surface area contributed by atoms with E-state index in [2.05, 4.69) is 36.2 Å². The minimum Gasteiger partial charge on any atom is -0.396 e. The number of aromatic nitrogens is 1. The molecule has 0 bridgehead atoms. The van der Waals surface area contributed by atoms with E-state index in [1.54, 1.807) is 0 Å². The van der Waals surface area contributed by atoms with Crippen molar-refractivity contribution >= 4 is 16.7 Å². The molecular formula is C17H25N3O. The smallest absolute Gasteiger partial charge is 0.131 e. The number of rotatable bonds is 8. The van der Waals surface area contributed by atoms with Crippen molar-refractivity contribution in [1.82, 2.24) is 9.88 Å². The van der Waals surface area contributed by atoms with Gasteiger partial charge in [0.25, 0.3) is 0 Å². The fourth-order valence-corrected chi connectivity index (χ4v) is 2.48. The van der Waals surface area contributed by atoms with Crippen LogP contribution in [0.2, 0.25) is 0 Å². The zero-order valence-electron chi connectivity index (χ0n) is 13.0. The van der Waals surface area contributed by atoms with Crippen molar-refractivity contribution in [2.45, 2.75) is 26.8 Å². The predicted molar refractivity (Wildman–Crippen MR) is 88.6 cm³/mol. The highest BCUT2D eigenvalue weighted by Gasteiger charge is 2.10. The predicted octanol–water partition coefficient (Wildman–Crippen LogP) is 2.87. The summed E-state index contributed by atoms with van der Waals surface area (Å²) in [6, 6.07) is 10.4. The summed E-state index contributed by atoms with van der Waals surface area (Å²) in [6.45, 7) is 8.08. The highest BCUT2D eigenvalue weighted by molar-refractivity contribution is 5.81. The van der Waals surface area contributed by atoms with E-state index < -0.39 is 0 Å². The van der Waals surface area contributed by atoms with Crippen LogP contribution in [0.1, 0.15) is 25.8 Å². The van der Waals surface area contributed by atoms with Crippen molar-refractivity contribution in [2.75, 3.05) is 31.6 Å². The average Bonchev–Trinajstić information content (AvgIpc) is 2.52. The summed E-state index contributed by atoms with van der Waals surface area (Å²) in [4.78, 5) is 7.08. The molecule has 0 unspecified atom stereocenters. The Hall–Kier alpha value is -1.65. The summed E-state index contributed by atoms with van der Waals surface area (Å²) in [5.41, 5.74) is 2.24. The Balaban J connectivity index is 2.28. The van der Waals surface area contributed by atoms with Crippen molar-refractivity contribution in [3.8, 4) is 0 Å². The van der Waals surface area contributed by atoms with E-state index >= 15 is 0 Å². The average molecular weight is 287 g/mol. The van der Waals surface area contributed by atoms with Crippen LogP contribution >= 0.6 is 0 Å². The molecule has 0 saturated heterocycles. The lowest BCUT2D eigenvalue weighted by molar-refractivity contribution is 0.225. The number of para-hydroxylation sites is 1. The first-order valence-electron chi connectivity index (χ1n) is 7.74. The van der Waals surface area contributed by atoms with Crippen LogP contribution in [0.5, 0.6) is 0 Å². The van der Waals surface area contributed by atoms with Gasteiger partial charge in [0.05, 0.1) is 5.52 Å². The van der Waals surface area contributed by atoms with Crippen LogP contribution in [0.15, 0.2) is 30.3 Å². The number of fused-ring (bicyclic) bond motifs is 1. The Labute approximate surface area is 126 Å². The number of benzene rings is 1. The van der Waals surface area contributed by atoms with Crippen molar-refractivity contribution in [3.05, 3.63) is 35.9 Å². The summed E-state index contributed by atoms with van der Waals surface area (Å²) in [5.74, 6) is 0.971. The molecule has 0 spiro atoms. The molecule has 2 rings (SSSR count). The third-order valence-electron chi connectivity index (χ3n) is 3.62. The first-order valence-corrected chi connectivity index (χ1v) is 7.74.